The molecule has 1 aromatic carbocycles. The van der Waals surface area contributed by atoms with Gasteiger partial charge < -0.3 is 15.5 Å². The summed E-state index contributed by atoms with van der Waals surface area (Å²) in [5.74, 6) is 0.503. The van der Waals surface area contributed by atoms with Crippen LogP contribution in [0.2, 0.25) is 5.02 Å². The topological polar surface area (TPSA) is 66.0 Å². The van der Waals surface area contributed by atoms with E-state index < -0.39 is 11.7 Å². The maximum Gasteiger partial charge on any atom is 0.416 e. The smallest absolute Gasteiger partial charge is 0.352 e. The van der Waals surface area contributed by atoms with Gasteiger partial charge in [-0.1, -0.05) is 11.6 Å². The maximum atomic E-state index is 12.8. The third kappa shape index (κ3) is 5.20. The number of halogens is 4. The lowest BCUT2D eigenvalue weighted by Crippen LogP contribution is -2.21. The quantitative estimate of drug-likeness (QED) is 0.824. The van der Waals surface area contributed by atoms with Crippen molar-refractivity contribution < 1.29 is 13.2 Å². The van der Waals surface area contributed by atoms with Gasteiger partial charge in [0.1, 0.15) is 0 Å². The van der Waals surface area contributed by atoms with Gasteiger partial charge in [-0.2, -0.15) is 23.3 Å². The second-order valence-corrected chi connectivity index (χ2v) is 5.62. The standard InChI is InChI=1S/C14H16ClF3N6/c1-24(2)6-5-19-13-22-12(8-20-23-13)21-11-7-9(14(16,17)18)3-4-10(11)15/h3-4,7-8H,5-6H2,1-2H3,(H2,19,21,22,23). The van der Waals surface area contributed by atoms with Gasteiger partial charge in [-0.15, -0.1) is 5.10 Å². The first-order valence-electron chi connectivity index (χ1n) is 6.98. The molecule has 2 aromatic rings. The molecule has 0 radical (unpaired) electrons. The number of hydrogen-bond donors (Lipinski definition) is 2. The number of rotatable bonds is 6. The normalized spacial score (nSPS) is 11.6. The number of anilines is 3. The van der Waals surface area contributed by atoms with Crippen LogP contribution in [0, 0.1) is 0 Å². The summed E-state index contributed by atoms with van der Waals surface area (Å²) in [6.45, 7) is 1.36. The molecule has 2 rings (SSSR count). The summed E-state index contributed by atoms with van der Waals surface area (Å²) in [6.07, 6.45) is -3.16. The molecule has 130 valence electrons. The van der Waals surface area contributed by atoms with Crippen molar-refractivity contribution in [3.05, 3.63) is 35.0 Å². The Morgan fingerprint density at radius 3 is 2.67 bits per heavy atom. The molecule has 0 fully saturated rings. The van der Waals surface area contributed by atoms with Crippen molar-refractivity contribution in [3.8, 4) is 0 Å². The Hall–Kier alpha value is -2.13. The van der Waals surface area contributed by atoms with Crippen LogP contribution in [0.3, 0.4) is 0 Å². The number of likely N-dealkylation sites (N-methyl/N-ethyl adjacent to an activating group) is 1. The van der Waals surface area contributed by atoms with Crippen LogP contribution < -0.4 is 10.6 Å². The van der Waals surface area contributed by atoms with E-state index in [1.807, 2.05) is 19.0 Å². The molecule has 1 heterocycles. The molecule has 0 aliphatic rings. The van der Waals surface area contributed by atoms with Crippen LogP contribution in [0.5, 0.6) is 0 Å². The molecular formula is C14H16ClF3N6. The fraction of sp³-hybridized carbons (Fsp3) is 0.357. The molecule has 0 aliphatic heterocycles. The highest BCUT2D eigenvalue weighted by molar-refractivity contribution is 6.33. The number of hydrogen-bond acceptors (Lipinski definition) is 6. The van der Waals surface area contributed by atoms with Crippen molar-refractivity contribution in [1.82, 2.24) is 20.1 Å². The second-order valence-electron chi connectivity index (χ2n) is 5.21. The fourth-order valence-corrected chi connectivity index (χ4v) is 1.93. The van der Waals surface area contributed by atoms with Gasteiger partial charge >= 0.3 is 6.18 Å². The molecule has 24 heavy (non-hydrogen) atoms. The molecule has 0 bridgehead atoms. The molecule has 0 amide bonds. The van der Waals surface area contributed by atoms with E-state index in [-0.39, 0.29) is 22.5 Å². The molecule has 1 aromatic heterocycles. The Morgan fingerprint density at radius 1 is 1.25 bits per heavy atom. The molecule has 10 heteroatoms. The summed E-state index contributed by atoms with van der Waals surface area (Å²) in [4.78, 5) is 6.12. The average Bonchev–Trinajstić information content (AvgIpc) is 2.48. The van der Waals surface area contributed by atoms with Gasteiger partial charge in [-0.25, -0.2) is 0 Å². The zero-order valence-electron chi connectivity index (χ0n) is 13.0. The molecule has 0 saturated heterocycles. The van der Waals surface area contributed by atoms with Crippen LogP contribution in [0.15, 0.2) is 24.4 Å². The zero-order chi connectivity index (χ0) is 17.7. The lowest BCUT2D eigenvalue weighted by atomic mass is 10.2. The fourth-order valence-electron chi connectivity index (χ4n) is 1.77. The van der Waals surface area contributed by atoms with E-state index in [9.17, 15) is 13.2 Å². The van der Waals surface area contributed by atoms with Crippen LogP contribution in [0.25, 0.3) is 0 Å². The molecular weight excluding hydrogens is 345 g/mol. The van der Waals surface area contributed by atoms with E-state index in [1.54, 1.807) is 0 Å². The van der Waals surface area contributed by atoms with Crippen LogP contribution in [0.4, 0.5) is 30.6 Å². The van der Waals surface area contributed by atoms with Crippen molar-refractivity contribution in [2.75, 3.05) is 37.8 Å². The SMILES string of the molecule is CN(C)CCNc1nncc(Nc2cc(C(F)(F)F)ccc2Cl)n1. The summed E-state index contributed by atoms with van der Waals surface area (Å²) >= 11 is 5.94. The predicted molar refractivity (Wildman–Crippen MR) is 86.6 cm³/mol. The van der Waals surface area contributed by atoms with Crippen LogP contribution in [-0.4, -0.2) is 47.3 Å². The van der Waals surface area contributed by atoms with Crippen molar-refractivity contribution in [2.24, 2.45) is 0 Å². The molecule has 0 saturated carbocycles. The average molecular weight is 361 g/mol. The van der Waals surface area contributed by atoms with Gasteiger partial charge in [0.2, 0.25) is 5.95 Å². The zero-order valence-corrected chi connectivity index (χ0v) is 13.8. The molecule has 2 N–H and O–H groups in total. The summed E-state index contributed by atoms with van der Waals surface area (Å²) in [6, 6.07) is 3.02. The Labute approximate surface area is 142 Å². The highest BCUT2D eigenvalue weighted by Gasteiger charge is 2.31. The van der Waals surface area contributed by atoms with E-state index in [2.05, 4.69) is 25.8 Å². The predicted octanol–water partition coefficient (Wildman–Crippen LogP) is 3.26. The van der Waals surface area contributed by atoms with Crippen LogP contribution in [-0.2, 0) is 6.18 Å². The Morgan fingerprint density at radius 2 is 2.00 bits per heavy atom. The van der Waals surface area contributed by atoms with E-state index in [1.165, 1.54) is 12.3 Å². The Bertz CT molecular complexity index is 692. The minimum Gasteiger partial charge on any atom is -0.352 e. The minimum atomic E-state index is -4.45. The summed E-state index contributed by atoms with van der Waals surface area (Å²) in [7, 11) is 3.85. The van der Waals surface area contributed by atoms with Gasteiger partial charge in [-0.3, -0.25) is 0 Å². The van der Waals surface area contributed by atoms with E-state index >= 15 is 0 Å². The summed E-state index contributed by atoms with van der Waals surface area (Å²) in [5, 5.41) is 13.4. The number of nitrogens with zero attached hydrogens (tertiary/aromatic N) is 4. The third-order valence-corrected chi connectivity index (χ3v) is 3.29. The monoisotopic (exact) mass is 360 g/mol. The molecule has 6 nitrogen and oxygen atoms in total. The third-order valence-electron chi connectivity index (χ3n) is 2.96. The van der Waals surface area contributed by atoms with Crippen LogP contribution >= 0.6 is 11.6 Å². The molecule has 0 aliphatic carbocycles. The second kappa shape index (κ2) is 7.63. The van der Waals surface area contributed by atoms with E-state index in [0.29, 0.717) is 6.54 Å². The molecule has 0 spiro atoms. The molecule has 0 unspecified atom stereocenters. The van der Waals surface area contributed by atoms with E-state index in [4.69, 9.17) is 11.6 Å². The van der Waals surface area contributed by atoms with Crippen molar-refractivity contribution in [3.63, 3.8) is 0 Å². The van der Waals surface area contributed by atoms with Crippen LogP contribution in [0.1, 0.15) is 5.56 Å². The summed E-state index contributed by atoms with van der Waals surface area (Å²) in [5.41, 5.74) is -0.716. The lowest BCUT2D eigenvalue weighted by Gasteiger charge is -2.13. The summed E-state index contributed by atoms with van der Waals surface area (Å²) < 4.78 is 38.4. The molecule has 0 atom stereocenters. The van der Waals surface area contributed by atoms with Crippen molar-refractivity contribution >= 4 is 29.1 Å². The van der Waals surface area contributed by atoms with Gasteiger partial charge in [0.25, 0.3) is 0 Å². The first-order valence-corrected chi connectivity index (χ1v) is 7.35. The van der Waals surface area contributed by atoms with Crippen molar-refractivity contribution in [1.29, 1.82) is 0 Å². The highest BCUT2D eigenvalue weighted by Crippen LogP contribution is 2.34. The minimum absolute atomic E-state index is 0.0891. The number of alkyl halides is 3. The number of nitrogens with one attached hydrogen (secondary N) is 2. The first-order chi connectivity index (χ1) is 11.3. The van der Waals surface area contributed by atoms with Gasteiger partial charge in [0.05, 0.1) is 22.5 Å². The largest absolute Gasteiger partial charge is 0.416 e. The van der Waals surface area contributed by atoms with E-state index in [0.717, 1.165) is 18.7 Å². The van der Waals surface area contributed by atoms with Gasteiger partial charge in [0, 0.05) is 13.1 Å². The van der Waals surface area contributed by atoms with Gasteiger partial charge in [0.15, 0.2) is 5.82 Å². The van der Waals surface area contributed by atoms with Crippen molar-refractivity contribution in [2.45, 2.75) is 6.18 Å². The number of benzene rings is 1. The first kappa shape index (κ1) is 18.2. The maximum absolute atomic E-state index is 12.8. The Kier molecular flexibility index (Phi) is 5.79. The lowest BCUT2D eigenvalue weighted by molar-refractivity contribution is -0.137. The number of aromatic nitrogens is 3. The highest BCUT2D eigenvalue weighted by atomic mass is 35.5. The Balaban J connectivity index is 2.13. The van der Waals surface area contributed by atoms with Gasteiger partial charge in [-0.05, 0) is 32.3 Å².